The maximum Gasteiger partial charge on any atom is 0.322 e. The van der Waals surface area contributed by atoms with E-state index in [0.717, 1.165) is 9.13 Å². The Kier molecular flexibility index (Phi) is 4.54. The Hall–Kier alpha value is -1.11. The van der Waals surface area contributed by atoms with Gasteiger partial charge in [0.15, 0.2) is 0 Å². The second kappa shape index (κ2) is 5.69. The first-order valence-corrected chi connectivity index (χ1v) is 5.39. The molecule has 0 heterocycles. The van der Waals surface area contributed by atoms with Crippen molar-refractivity contribution in [3.8, 4) is 0 Å². The molecule has 0 unspecified atom stereocenters. The van der Waals surface area contributed by atoms with Crippen LogP contribution in [-0.2, 0) is 16.0 Å². The van der Waals surface area contributed by atoms with Gasteiger partial charge in [-0.3, -0.25) is 9.59 Å². The van der Waals surface area contributed by atoms with Gasteiger partial charge in [0, 0.05) is 3.57 Å². The lowest BCUT2D eigenvalue weighted by Crippen LogP contribution is -2.30. The van der Waals surface area contributed by atoms with Crippen LogP contribution in [0.4, 0.5) is 0 Å². The monoisotopic (exact) mass is 319 g/mol. The Labute approximate surface area is 101 Å². The average Bonchev–Trinajstić information content (AvgIpc) is 2.19. The Balaban J connectivity index is 2.44. The molecule has 0 saturated heterocycles. The summed E-state index contributed by atoms with van der Waals surface area (Å²) in [5.74, 6) is -1.32. The largest absolute Gasteiger partial charge is 0.480 e. The molecule has 1 aromatic rings. The summed E-state index contributed by atoms with van der Waals surface area (Å²) in [4.78, 5) is 21.4. The molecule has 1 rings (SSSR count). The number of carboxylic acids is 1. The molecule has 0 saturated carbocycles. The van der Waals surface area contributed by atoms with Gasteiger partial charge in [-0.1, -0.05) is 12.1 Å². The number of halogens is 1. The highest BCUT2D eigenvalue weighted by molar-refractivity contribution is 14.1. The van der Waals surface area contributed by atoms with Crippen molar-refractivity contribution in [1.82, 2.24) is 5.32 Å². The molecule has 0 atom stereocenters. The normalized spacial score (nSPS) is 9.67. The lowest BCUT2D eigenvalue weighted by atomic mass is 10.1. The summed E-state index contributed by atoms with van der Waals surface area (Å²) < 4.78 is 1.10. The first-order valence-electron chi connectivity index (χ1n) is 4.31. The number of carbonyl (C=O) groups excluding carboxylic acids is 1. The zero-order valence-electron chi connectivity index (χ0n) is 7.87. The molecule has 15 heavy (non-hydrogen) atoms. The molecular weight excluding hydrogens is 309 g/mol. The second-order valence-electron chi connectivity index (χ2n) is 2.97. The van der Waals surface area contributed by atoms with Crippen molar-refractivity contribution in [3.05, 3.63) is 33.4 Å². The van der Waals surface area contributed by atoms with Gasteiger partial charge in [-0.05, 0) is 40.3 Å². The molecule has 0 fully saturated rings. The minimum Gasteiger partial charge on any atom is -0.480 e. The molecule has 0 aromatic heterocycles. The van der Waals surface area contributed by atoms with E-state index >= 15 is 0 Å². The van der Waals surface area contributed by atoms with E-state index in [0.29, 0.717) is 0 Å². The van der Waals surface area contributed by atoms with Crippen LogP contribution in [0.3, 0.4) is 0 Å². The van der Waals surface area contributed by atoms with Crippen molar-refractivity contribution in [1.29, 1.82) is 0 Å². The Morgan fingerprint density at radius 3 is 2.40 bits per heavy atom. The predicted molar refractivity (Wildman–Crippen MR) is 63.5 cm³/mol. The molecule has 2 N–H and O–H groups in total. The van der Waals surface area contributed by atoms with Crippen LogP contribution >= 0.6 is 22.6 Å². The van der Waals surface area contributed by atoms with E-state index < -0.39 is 5.97 Å². The number of amides is 1. The lowest BCUT2D eigenvalue weighted by molar-refractivity contribution is -0.137. The van der Waals surface area contributed by atoms with Crippen LogP contribution in [0, 0.1) is 3.57 Å². The molecule has 80 valence electrons. The molecule has 0 aliphatic rings. The zero-order chi connectivity index (χ0) is 11.3. The van der Waals surface area contributed by atoms with Crippen molar-refractivity contribution in [2.45, 2.75) is 6.42 Å². The average molecular weight is 319 g/mol. The van der Waals surface area contributed by atoms with Crippen LogP contribution in [-0.4, -0.2) is 23.5 Å². The summed E-state index contributed by atoms with van der Waals surface area (Å²) in [6.45, 7) is -0.330. The third kappa shape index (κ3) is 4.78. The fourth-order valence-electron chi connectivity index (χ4n) is 1.02. The third-order valence-electron chi connectivity index (χ3n) is 1.71. The second-order valence-corrected chi connectivity index (χ2v) is 4.22. The number of hydrogen-bond acceptors (Lipinski definition) is 2. The Bertz CT molecular complexity index is 361. The summed E-state index contributed by atoms with van der Waals surface area (Å²) in [6, 6.07) is 7.50. The van der Waals surface area contributed by atoms with Gasteiger partial charge in [0.2, 0.25) is 5.91 Å². The summed E-state index contributed by atoms with van der Waals surface area (Å²) in [7, 11) is 0. The van der Waals surface area contributed by atoms with E-state index in [1.54, 1.807) is 0 Å². The molecule has 0 radical (unpaired) electrons. The van der Waals surface area contributed by atoms with Crippen LogP contribution in [0.2, 0.25) is 0 Å². The number of nitrogens with one attached hydrogen (secondary N) is 1. The quantitative estimate of drug-likeness (QED) is 0.815. The number of hydrogen-bond donors (Lipinski definition) is 2. The molecule has 5 heteroatoms. The van der Waals surface area contributed by atoms with E-state index in [1.165, 1.54) is 0 Å². The summed E-state index contributed by atoms with van der Waals surface area (Å²) in [5, 5.41) is 10.7. The smallest absolute Gasteiger partial charge is 0.322 e. The van der Waals surface area contributed by atoms with E-state index in [2.05, 4.69) is 27.9 Å². The lowest BCUT2D eigenvalue weighted by Gasteiger charge is -2.02. The minimum atomic E-state index is -1.04. The molecule has 4 nitrogen and oxygen atoms in total. The van der Waals surface area contributed by atoms with Crippen LogP contribution in [0.25, 0.3) is 0 Å². The van der Waals surface area contributed by atoms with Gasteiger partial charge < -0.3 is 10.4 Å². The first-order chi connectivity index (χ1) is 7.08. The van der Waals surface area contributed by atoms with E-state index in [9.17, 15) is 9.59 Å². The van der Waals surface area contributed by atoms with Gasteiger partial charge in [0.1, 0.15) is 6.54 Å². The highest BCUT2D eigenvalue weighted by Gasteiger charge is 2.04. The fourth-order valence-corrected chi connectivity index (χ4v) is 1.38. The van der Waals surface area contributed by atoms with Crippen molar-refractivity contribution in [2.75, 3.05) is 6.54 Å². The highest BCUT2D eigenvalue weighted by Crippen LogP contribution is 2.06. The van der Waals surface area contributed by atoms with Crippen molar-refractivity contribution >= 4 is 34.5 Å². The van der Waals surface area contributed by atoms with Crippen molar-refractivity contribution < 1.29 is 14.7 Å². The number of aliphatic carboxylic acids is 1. The number of benzene rings is 1. The number of carbonyl (C=O) groups is 2. The standard InChI is InChI=1S/C10H10INO3/c11-8-3-1-7(2-4-8)5-9(13)12-6-10(14)15/h1-4H,5-6H2,(H,12,13)(H,14,15). The van der Waals surface area contributed by atoms with Gasteiger partial charge in [0.05, 0.1) is 6.42 Å². The maximum absolute atomic E-state index is 11.2. The van der Waals surface area contributed by atoms with Crippen LogP contribution in [0.15, 0.2) is 24.3 Å². The van der Waals surface area contributed by atoms with Crippen molar-refractivity contribution in [2.24, 2.45) is 0 Å². The summed E-state index contributed by atoms with van der Waals surface area (Å²) in [6.07, 6.45) is 0.212. The van der Waals surface area contributed by atoms with Gasteiger partial charge in [-0.25, -0.2) is 0 Å². The summed E-state index contributed by atoms with van der Waals surface area (Å²) in [5.41, 5.74) is 0.873. The van der Waals surface area contributed by atoms with Gasteiger partial charge >= 0.3 is 5.97 Å². The Morgan fingerprint density at radius 1 is 1.27 bits per heavy atom. The molecule has 0 bridgehead atoms. The van der Waals surface area contributed by atoms with E-state index in [1.807, 2.05) is 24.3 Å². The van der Waals surface area contributed by atoms with Crippen LogP contribution in [0.5, 0.6) is 0 Å². The molecule has 0 spiro atoms. The first kappa shape index (κ1) is 12.0. The molecule has 1 amide bonds. The third-order valence-corrected chi connectivity index (χ3v) is 2.43. The van der Waals surface area contributed by atoms with Gasteiger partial charge in [0.25, 0.3) is 0 Å². The van der Waals surface area contributed by atoms with Crippen molar-refractivity contribution in [3.63, 3.8) is 0 Å². The minimum absolute atomic E-state index is 0.212. The number of carboxylic acid groups (broad SMARTS) is 1. The summed E-state index contributed by atoms with van der Waals surface area (Å²) >= 11 is 2.18. The molecular formula is C10H10INO3. The fraction of sp³-hybridized carbons (Fsp3) is 0.200. The van der Waals surface area contributed by atoms with Crippen LogP contribution in [0.1, 0.15) is 5.56 Å². The molecule has 1 aromatic carbocycles. The van der Waals surface area contributed by atoms with Gasteiger partial charge in [-0.2, -0.15) is 0 Å². The topological polar surface area (TPSA) is 66.4 Å². The Morgan fingerprint density at radius 2 is 1.87 bits per heavy atom. The zero-order valence-corrected chi connectivity index (χ0v) is 10.0. The van der Waals surface area contributed by atoms with E-state index in [4.69, 9.17) is 5.11 Å². The number of rotatable bonds is 4. The van der Waals surface area contributed by atoms with Crippen LogP contribution < -0.4 is 5.32 Å². The SMILES string of the molecule is O=C(O)CNC(=O)Cc1ccc(I)cc1. The van der Waals surface area contributed by atoms with E-state index in [-0.39, 0.29) is 18.9 Å². The highest BCUT2D eigenvalue weighted by atomic mass is 127. The molecule has 0 aliphatic carbocycles. The van der Waals surface area contributed by atoms with Gasteiger partial charge in [-0.15, -0.1) is 0 Å². The predicted octanol–water partition coefficient (Wildman–Crippen LogP) is 1.03. The molecule has 0 aliphatic heterocycles. The maximum atomic E-state index is 11.2.